The zero-order chi connectivity index (χ0) is 32.1. The van der Waals surface area contributed by atoms with Gasteiger partial charge < -0.3 is 9.80 Å². The standard InChI is InChI=1S/C35H51FN4.C3H8/c1-10-12-13-14-15-30-22-31(35-20-26(4)29(7)40(37-35)24-27(5)25(3)11-2)23-34(36)33(30)21-28(6)39-18-16-32(17-19-39)38(8)9;1-3-2/h13-14,20-25,32H,7,10-12,15-19H2,1-6,8-9H3;3H2,1-2H3/b14-13?,27-24-,28-21+;. The van der Waals surface area contributed by atoms with Crippen LogP contribution < -0.4 is 0 Å². The summed E-state index contributed by atoms with van der Waals surface area (Å²) in [4.78, 5) is 4.72. The van der Waals surface area contributed by atoms with Crippen LogP contribution in [-0.2, 0) is 6.42 Å². The van der Waals surface area contributed by atoms with Gasteiger partial charge in [-0.2, -0.15) is 5.10 Å². The number of hydrogen-bond acceptors (Lipinski definition) is 4. The van der Waals surface area contributed by atoms with Gasteiger partial charge in [0.1, 0.15) is 5.82 Å². The zero-order valence-electron chi connectivity index (χ0n) is 28.9. The van der Waals surface area contributed by atoms with Crippen LogP contribution in [0, 0.1) is 11.7 Å². The third kappa shape index (κ3) is 10.6. The van der Waals surface area contributed by atoms with Crippen molar-refractivity contribution < 1.29 is 4.39 Å². The van der Waals surface area contributed by atoms with Crippen molar-refractivity contribution in [3.63, 3.8) is 0 Å². The zero-order valence-corrected chi connectivity index (χ0v) is 28.9. The maximum Gasteiger partial charge on any atom is 0.131 e. The topological polar surface area (TPSA) is 22.1 Å². The van der Waals surface area contributed by atoms with Gasteiger partial charge in [0, 0.05) is 42.2 Å². The van der Waals surface area contributed by atoms with Gasteiger partial charge in [-0.05, 0) is 108 Å². The molecule has 0 saturated carbocycles. The third-order valence-electron chi connectivity index (χ3n) is 8.53. The number of halogens is 1. The van der Waals surface area contributed by atoms with Crippen molar-refractivity contribution in [1.82, 2.24) is 14.8 Å². The van der Waals surface area contributed by atoms with Crippen LogP contribution in [0.5, 0.6) is 0 Å². The second-order valence-electron chi connectivity index (χ2n) is 12.5. The summed E-state index contributed by atoms with van der Waals surface area (Å²) >= 11 is 0. The SMILES string of the molecule is C=C1C(C)=CC(c2cc(F)c(/C=C(\C)N3CCC(N(C)C)CC3)c(CC=CCCC)c2)=NN1/C=C(/C)C(C)CC.CCC. The number of allylic oxidation sites excluding steroid dienone is 6. The Morgan fingerprint density at radius 2 is 1.77 bits per heavy atom. The average molecular weight is 591 g/mol. The van der Waals surface area contributed by atoms with Crippen molar-refractivity contribution in [1.29, 1.82) is 0 Å². The van der Waals surface area contributed by atoms with E-state index in [1.54, 1.807) is 6.07 Å². The van der Waals surface area contributed by atoms with Gasteiger partial charge in [0.25, 0.3) is 0 Å². The van der Waals surface area contributed by atoms with Crippen LogP contribution in [0.2, 0.25) is 0 Å². The molecule has 0 radical (unpaired) electrons. The smallest absolute Gasteiger partial charge is 0.131 e. The Morgan fingerprint density at radius 1 is 1.12 bits per heavy atom. The Labute approximate surface area is 263 Å². The van der Waals surface area contributed by atoms with Gasteiger partial charge in [0.15, 0.2) is 0 Å². The molecule has 0 N–H and O–H groups in total. The van der Waals surface area contributed by atoms with Gasteiger partial charge in [0.2, 0.25) is 0 Å². The molecule has 0 amide bonds. The Balaban J connectivity index is 0.00000206. The number of likely N-dealkylation sites (tertiary alicyclic amines) is 1. The molecule has 1 fully saturated rings. The lowest BCUT2D eigenvalue weighted by Crippen LogP contribution is -2.41. The van der Waals surface area contributed by atoms with Crippen molar-refractivity contribution >= 4 is 11.8 Å². The van der Waals surface area contributed by atoms with Crippen molar-refractivity contribution in [2.24, 2.45) is 11.0 Å². The Hall–Kier alpha value is -2.92. The Bertz CT molecular complexity index is 1210. The molecule has 1 aromatic rings. The highest BCUT2D eigenvalue weighted by Crippen LogP contribution is 2.28. The lowest BCUT2D eigenvalue weighted by Gasteiger charge is -2.37. The molecule has 1 saturated heterocycles. The number of rotatable bonds is 11. The Morgan fingerprint density at radius 3 is 2.35 bits per heavy atom. The summed E-state index contributed by atoms with van der Waals surface area (Å²) in [6.07, 6.45) is 17.9. The normalized spacial score (nSPS) is 17.7. The molecule has 2 aliphatic heterocycles. The molecule has 5 heteroatoms. The summed E-state index contributed by atoms with van der Waals surface area (Å²) in [5.41, 5.74) is 7.48. The summed E-state index contributed by atoms with van der Waals surface area (Å²) in [5, 5.41) is 6.76. The molecular weight excluding hydrogens is 531 g/mol. The van der Waals surface area contributed by atoms with Gasteiger partial charge in [-0.3, -0.25) is 0 Å². The van der Waals surface area contributed by atoms with E-state index in [1.165, 1.54) is 12.0 Å². The lowest BCUT2D eigenvalue weighted by atomic mass is 9.95. The maximum atomic E-state index is 16.0. The van der Waals surface area contributed by atoms with E-state index < -0.39 is 0 Å². The molecule has 1 unspecified atom stereocenters. The van der Waals surface area contributed by atoms with Crippen LogP contribution in [0.25, 0.3) is 6.08 Å². The van der Waals surface area contributed by atoms with Gasteiger partial charge in [-0.25, -0.2) is 9.40 Å². The molecule has 1 atom stereocenters. The van der Waals surface area contributed by atoms with Crippen LogP contribution in [0.1, 0.15) is 111 Å². The highest BCUT2D eigenvalue weighted by molar-refractivity contribution is 6.10. The van der Waals surface area contributed by atoms with Crippen LogP contribution >= 0.6 is 0 Å². The molecule has 43 heavy (non-hydrogen) atoms. The van der Waals surface area contributed by atoms with Crippen molar-refractivity contribution in [3.8, 4) is 0 Å². The van der Waals surface area contributed by atoms with Crippen LogP contribution in [0.3, 0.4) is 0 Å². The molecule has 0 aliphatic carbocycles. The second kappa shape index (κ2) is 18.0. The summed E-state index contributed by atoms with van der Waals surface area (Å²) in [5.74, 6) is 0.259. The maximum absolute atomic E-state index is 16.0. The number of piperidine rings is 1. The Kier molecular flexibility index (Phi) is 15.2. The minimum Gasteiger partial charge on any atom is -0.375 e. The van der Waals surface area contributed by atoms with Gasteiger partial charge in [0.05, 0.1) is 11.4 Å². The van der Waals surface area contributed by atoms with E-state index in [-0.39, 0.29) is 5.82 Å². The van der Waals surface area contributed by atoms with E-state index in [0.717, 1.165) is 79.0 Å². The molecule has 238 valence electrons. The predicted molar refractivity (Wildman–Crippen MR) is 187 cm³/mol. The fraction of sp³-hybridized carbons (Fsp3) is 0.553. The van der Waals surface area contributed by atoms with E-state index in [9.17, 15) is 0 Å². The van der Waals surface area contributed by atoms with Crippen molar-refractivity contribution in [3.05, 3.63) is 88.2 Å². The number of hydrogen-bond donors (Lipinski definition) is 0. The summed E-state index contributed by atoms with van der Waals surface area (Å²) in [7, 11) is 4.31. The number of nitrogens with zero attached hydrogens (tertiary/aromatic N) is 4. The second-order valence-corrected chi connectivity index (χ2v) is 12.5. The predicted octanol–water partition coefficient (Wildman–Crippen LogP) is 9.96. The van der Waals surface area contributed by atoms with Gasteiger partial charge in [-0.15, -0.1) is 0 Å². The van der Waals surface area contributed by atoms with Crippen LogP contribution in [-0.4, -0.2) is 53.7 Å². The summed E-state index contributed by atoms with van der Waals surface area (Å²) in [6, 6.07) is 4.39. The minimum atomic E-state index is -0.199. The molecule has 1 aromatic carbocycles. The molecule has 3 rings (SSSR count). The molecule has 2 aliphatic rings. The van der Waals surface area contributed by atoms with Gasteiger partial charge >= 0.3 is 0 Å². The first-order valence-electron chi connectivity index (χ1n) is 16.5. The first kappa shape index (κ1) is 36.3. The quantitative estimate of drug-likeness (QED) is 0.239. The molecule has 0 bridgehead atoms. The van der Waals surface area contributed by atoms with E-state index in [2.05, 4.69) is 103 Å². The lowest BCUT2D eigenvalue weighted by molar-refractivity contribution is 0.171. The molecule has 4 nitrogen and oxygen atoms in total. The first-order valence-corrected chi connectivity index (χ1v) is 16.5. The largest absolute Gasteiger partial charge is 0.375 e. The minimum absolute atomic E-state index is 0.199. The van der Waals surface area contributed by atoms with Crippen molar-refractivity contribution in [2.75, 3.05) is 27.2 Å². The van der Waals surface area contributed by atoms with Crippen LogP contribution in [0.15, 0.2) is 70.8 Å². The number of unbranched alkanes of at least 4 members (excludes halogenated alkanes) is 1. The number of hydrazone groups is 1. The molecular formula is C38H59FN4. The van der Waals surface area contributed by atoms with E-state index >= 15 is 4.39 Å². The van der Waals surface area contributed by atoms with E-state index in [4.69, 9.17) is 5.10 Å². The van der Waals surface area contributed by atoms with E-state index in [1.807, 2.05) is 24.1 Å². The van der Waals surface area contributed by atoms with Crippen molar-refractivity contribution in [2.45, 2.75) is 106 Å². The molecule has 2 heterocycles. The first-order chi connectivity index (χ1) is 20.5. The van der Waals surface area contributed by atoms with Crippen LogP contribution in [0.4, 0.5) is 4.39 Å². The summed E-state index contributed by atoms with van der Waals surface area (Å²) in [6.45, 7) is 23.4. The average Bonchev–Trinajstić information content (AvgIpc) is 2.98. The summed E-state index contributed by atoms with van der Waals surface area (Å²) < 4.78 is 16.0. The fourth-order valence-corrected chi connectivity index (χ4v) is 5.25. The molecule has 0 aromatic heterocycles. The van der Waals surface area contributed by atoms with E-state index in [0.29, 0.717) is 23.9 Å². The highest BCUT2D eigenvalue weighted by atomic mass is 19.1. The highest BCUT2D eigenvalue weighted by Gasteiger charge is 2.22. The molecule has 0 spiro atoms. The fourth-order valence-electron chi connectivity index (χ4n) is 5.25. The number of benzene rings is 1. The van der Waals surface area contributed by atoms with Gasteiger partial charge in [-0.1, -0.05) is 71.8 Å². The third-order valence-corrected chi connectivity index (χ3v) is 8.53. The monoisotopic (exact) mass is 590 g/mol.